The summed E-state index contributed by atoms with van der Waals surface area (Å²) in [5.74, 6) is -0.0790. The third-order valence-corrected chi connectivity index (χ3v) is 4.00. The zero-order valence-electron chi connectivity index (χ0n) is 13.2. The summed E-state index contributed by atoms with van der Waals surface area (Å²) in [5, 5.41) is 7.18. The molecule has 0 aliphatic carbocycles. The average Bonchev–Trinajstić information content (AvgIpc) is 3.21. The molecule has 0 radical (unpaired) electrons. The van der Waals surface area contributed by atoms with Gasteiger partial charge in [-0.25, -0.2) is 9.37 Å². The minimum atomic E-state index is -0.527. The highest BCUT2D eigenvalue weighted by molar-refractivity contribution is 7.14. The first-order valence-electron chi connectivity index (χ1n) is 7.37. The molecule has 3 aromatic rings. The van der Waals surface area contributed by atoms with Gasteiger partial charge in [-0.2, -0.15) is 0 Å². The van der Waals surface area contributed by atoms with Crippen molar-refractivity contribution in [3.05, 3.63) is 58.9 Å². The average molecular weight is 359 g/mol. The number of nitrogens with zero attached hydrogens (tertiary/aromatic N) is 1. The van der Waals surface area contributed by atoms with Gasteiger partial charge in [-0.1, -0.05) is 6.07 Å². The number of aromatic nitrogens is 1. The molecule has 0 atom stereocenters. The smallest absolute Gasteiger partial charge is 0.251 e. The number of halogens is 1. The second kappa shape index (κ2) is 7.27. The van der Waals surface area contributed by atoms with E-state index in [1.807, 2.05) is 13.0 Å². The Hall–Kier alpha value is -3.00. The number of furan rings is 1. The fourth-order valence-corrected chi connectivity index (χ4v) is 2.79. The van der Waals surface area contributed by atoms with E-state index in [-0.39, 0.29) is 12.1 Å². The lowest BCUT2D eigenvalue weighted by Gasteiger charge is -2.05. The molecular weight excluding hydrogens is 345 g/mol. The van der Waals surface area contributed by atoms with Crippen molar-refractivity contribution in [1.82, 2.24) is 10.3 Å². The van der Waals surface area contributed by atoms with Crippen LogP contribution in [0.5, 0.6) is 0 Å². The first-order chi connectivity index (χ1) is 12.0. The van der Waals surface area contributed by atoms with Crippen LogP contribution in [-0.2, 0) is 4.79 Å². The van der Waals surface area contributed by atoms with E-state index in [0.717, 1.165) is 11.8 Å². The molecule has 0 spiro atoms. The Morgan fingerprint density at radius 1 is 1.28 bits per heavy atom. The van der Waals surface area contributed by atoms with E-state index in [1.165, 1.54) is 29.5 Å². The van der Waals surface area contributed by atoms with Gasteiger partial charge in [0.05, 0.1) is 6.54 Å². The molecule has 6 nitrogen and oxygen atoms in total. The summed E-state index contributed by atoms with van der Waals surface area (Å²) in [6.45, 7) is 1.59. The fraction of sp³-hybridized carbons (Fsp3) is 0.118. The van der Waals surface area contributed by atoms with Gasteiger partial charge in [0, 0.05) is 10.9 Å². The number of anilines is 1. The quantitative estimate of drug-likeness (QED) is 0.733. The largest absolute Gasteiger partial charge is 0.460 e. The van der Waals surface area contributed by atoms with E-state index < -0.39 is 17.6 Å². The Balaban J connectivity index is 1.54. The molecular formula is C17H14FN3O3S. The summed E-state index contributed by atoms with van der Waals surface area (Å²) in [4.78, 5) is 28.0. The number of rotatable bonds is 5. The van der Waals surface area contributed by atoms with E-state index >= 15 is 0 Å². The second-order valence-electron chi connectivity index (χ2n) is 5.19. The molecule has 0 aliphatic heterocycles. The molecule has 0 bridgehead atoms. The second-order valence-corrected chi connectivity index (χ2v) is 6.05. The summed E-state index contributed by atoms with van der Waals surface area (Å²) in [6, 6.07) is 8.87. The topological polar surface area (TPSA) is 84.2 Å². The van der Waals surface area contributed by atoms with Crippen molar-refractivity contribution in [3.8, 4) is 11.5 Å². The maximum atomic E-state index is 13.1. The highest BCUT2D eigenvalue weighted by atomic mass is 32.1. The van der Waals surface area contributed by atoms with Gasteiger partial charge in [-0.3, -0.25) is 9.59 Å². The molecule has 2 aromatic heterocycles. The third kappa shape index (κ3) is 4.30. The molecule has 8 heteroatoms. The molecule has 2 heterocycles. The van der Waals surface area contributed by atoms with E-state index in [0.29, 0.717) is 16.6 Å². The Kier molecular flexibility index (Phi) is 4.90. The zero-order chi connectivity index (χ0) is 17.8. The predicted molar refractivity (Wildman–Crippen MR) is 91.9 cm³/mol. The molecule has 0 saturated carbocycles. The molecule has 3 rings (SSSR count). The summed E-state index contributed by atoms with van der Waals surface area (Å²) < 4.78 is 18.6. The number of hydrogen-bond acceptors (Lipinski definition) is 5. The minimum Gasteiger partial charge on any atom is -0.460 e. The van der Waals surface area contributed by atoms with Gasteiger partial charge < -0.3 is 15.1 Å². The summed E-state index contributed by atoms with van der Waals surface area (Å²) in [6.07, 6.45) is 0. The molecule has 128 valence electrons. The molecule has 0 saturated heterocycles. The van der Waals surface area contributed by atoms with Gasteiger partial charge in [0.1, 0.15) is 17.3 Å². The Morgan fingerprint density at radius 2 is 2.12 bits per heavy atom. The molecule has 0 aliphatic rings. The molecule has 0 unspecified atom stereocenters. The van der Waals surface area contributed by atoms with Gasteiger partial charge in [-0.05, 0) is 37.3 Å². The van der Waals surface area contributed by atoms with Crippen LogP contribution in [0.4, 0.5) is 9.52 Å². The Bertz CT molecular complexity index is 919. The highest BCUT2D eigenvalue weighted by Crippen LogP contribution is 2.26. The van der Waals surface area contributed by atoms with Crippen LogP contribution in [0.2, 0.25) is 0 Å². The van der Waals surface area contributed by atoms with Crippen LogP contribution in [-0.4, -0.2) is 23.3 Å². The third-order valence-electron chi connectivity index (χ3n) is 3.24. The normalized spacial score (nSPS) is 10.5. The highest BCUT2D eigenvalue weighted by Gasteiger charge is 2.12. The lowest BCUT2D eigenvalue weighted by Crippen LogP contribution is -2.32. The van der Waals surface area contributed by atoms with Crippen LogP contribution in [0.25, 0.3) is 11.5 Å². The number of thiazole rings is 1. The van der Waals surface area contributed by atoms with E-state index in [4.69, 9.17) is 4.42 Å². The van der Waals surface area contributed by atoms with Crippen molar-refractivity contribution < 1.29 is 18.4 Å². The van der Waals surface area contributed by atoms with Gasteiger partial charge in [0.25, 0.3) is 5.91 Å². The summed E-state index contributed by atoms with van der Waals surface area (Å²) >= 11 is 1.25. The van der Waals surface area contributed by atoms with Gasteiger partial charge in [0.2, 0.25) is 5.91 Å². The lowest BCUT2D eigenvalue weighted by atomic mass is 10.2. The van der Waals surface area contributed by atoms with E-state index in [2.05, 4.69) is 15.6 Å². The summed E-state index contributed by atoms with van der Waals surface area (Å²) in [7, 11) is 0. The Labute approximate surface area is 146 Å². The first kappa shape index (κ1) is 16.8. The minimum absolute atomic E-state index is 0.150. The fourth-order valence-electron chi connectivity index (χ4n) is 2.07. The number of benzene rings is 1. The van der Waals surface area contributed by atoms with Crippen molar-refractivity contribution in [2.75, 3.05) is 11.9 Å². The monoisotopic (exact) mass is 359 g/mol. The number of nitrogens with one attached hydrogen (secondary N) is 2. The standard InChI is InChI=1S/C17H14FN3O3S/c1-10-5-6-14(24-10)13-9-25-17(20-13)21-15(22)8-19-16(23)11-3-2-4-12(18)7-11/h2-7,9H,8H2,1H3,(H,19,23)(H,20,21,22). The number of amides is 2. The van der Waals surface area contributed by atoms with Gasteiger partial charge in [0.15, 0.2) is 10.9 Å². The van der Waals surface area contributed by atoms with Gasteiger partial charge >= 0.3 is 0 Å². The Morgan fingerprint density at radius 3 is 2.84 bits per heavy atom. The maximum absolute atomic E-state index is 13.1. The van der Waals surface area contributed by atoms with Crippen LogP contribution >= 0.6 is 11.3 Å². The number of carbonyl (C=O) groups excluding carboxylic acids is 2. The van der Waals surface area contributed by atoms with Crippen LogP contribution in [0.3, 0.4) is 0 Å². The van der Waals surface area contributed by atoms with Gasteiger partial charge in [-0.15, -0.1) is 11.3 Å². The van der Waals surface area contributed by atoms with Crippen LogP contribution in [0, 0.1) is 12.7 Å². The number of hydrogen-bond donors (Lipinski definition) is 2. The van der Waals surface area contributed by atoms with E-state index in [9.17, 15) is 14.0 Å². The number of aryl methyl sites for hydroxylation is 1. The molecule has 2 amide bonds. The molecule has 0 fully saturated rings. The van der Waals surface area contributed by atoms with E-state index in [1.54, 1.807) is 11.4 Å². The van der Waals surface area contributed by atoms with Crippen molar-refractivity contribution in [2.45, 2.75) is 6.92 Å². The predicted octanol–water partition coefficient (Wildman–Crippen LogP) is 3.22. The molecule has 2 N–H and O–H groups in total. The van der Waals surface area contributed by atoms with Crippen molar-refractivity contribution in [3.63, 3.8) is 0 Å². The zero-order valence-corrected chi connectivity index (χ0v) is 14.0. The van der Waals surface area contributed by atoms with Crippen molar-refractivity contribution in [1.29, 1.82) is 0 Å². The SMILES string of the molecule is Cc1ccc(-c2csc(NC(=O)CNC(=O)c3cccc(F)c3)n2)o1. The molecule has 1 aromatic carbocycles. The van der Waals surface area contributed by atoms with Crippen LogP contribution in [0.1, 0.15) is 16.1 Å². The van der Waals surface area contributed by atoms with Crippen molar-refractivity contribution >= 4 is 28.3 Å². The van der Waals surface area contributed by atoms with Crippen LogP contribution < -0.4 is 10.6 Å². The number of carbonyl (C=O) groups is 2. The first-order valence-corrected chi connectivity index (χ1v) is 8.25. The van der Waals surface area contributed by atoms with Crippen LogP contribution in [0.15, 0.2) is 46.2 Å². The van der Waals surface area contributed by atoms with Crippen molar-refractivity contribution in [2.24, 2.45) is 0 Å². The maximum Gasteiger partial charge on any atom is 0.251 e. The lowest BCUT2D eigenvalue weighted by molar-refractivity contribution is -0.115. The summed E-state index contributed by atoms with van der Waals surface area (Å²) in [5.41, 5.74) is 0.773. The molecule has 25 heavy (non-hydrogen) atoms.